The quantitative estimate of drug-likeness (QED) is 0.710. The van der Waals surface area contributed by atoms with Gasteiger partial charge in [0, 0.05) is 35.2 Å². The van der Waals surface area contributed by atoms with Crippen molar-refractivity contribution in [2.24, 2.45) is 0 Å². The molecule has 106 valence electrons. The molecule has 0 bridgehead atoms. The van der Waals surface area contributed by atoms with Crippen LogP contribution in [0.5, 0.6) is 5.75 Å². The number of hydrogen-bond donors (Lipinski definition) is 0. The lowest BCUT2D eigenvalue weighted by Gasteiger charge is -2.23. The van der Waals surface area contributed by atoms with Crippen LogP contribution in [-0.2, 0) is 11.9 Å². The largest absolute Gasteiger partial charge is 0.497 e. The molecule has 0 heterocycles. The van der Waals surface area contributed by atoms with Gasteiger partial charge in [-0.1, -0.05) is 45.7 Å². The summed E-state index contributed by atoms with van der Waals surface area (Å²) in [6, 6.07) is 14.1. The average molecular weight is 355 g/mol. The van der Waals surface area contributed by atoms with Crippen LogP contribution in [0, 0.1) is 0 Å². The van der Waals surface area contributed by atoms with Crippen molar-refractivity contribution >= 4 is 33.2 Å². The van der Waals surface area contributed by atoms with E-state index in [2.05, 4.69) is 46.1 Å². The van der Waals surface area contributed by atoms with Gasteiger partial charge in [-0.15, -0.1) is 0 Å². The molecular weight excluding hydrogens is 338 g/mol. The van der Waals surface area contributed by atoms with E-state index in [1.165, 1.54) is 5.56 Å². The van der Waals surface area contributed by atoms with Crippen LogP contribution in [0.4, 0.5) is 5.69 Å². The standard InChI is InChI=1S/C16H17BrClNO/c1-19(11-12-6-8-13(20-2)9-7-12)16-5-3-4-15(18)14(16)10-17/h3-9H,10-11H2,1-2H3. The molecule has 0 N–H and O–H groups in total. The summed E-state index contributed by atoms with van der Waals surface area (Å²) >= 11 is 9.75. The third-order valence-electron chi connectivity index (χ3n) is 3.22. The van der Waals surface area contributed by atoms with Gasteiger partial charge in [0.05, 0.1) is 7.11 Å². The van der Waals surface area contributed by atoms with Crippen LogP contribution in [0.2, 0.25) is 5.02 Å². The summed E-state index contributed by atoms with van der Waals surface area (Å²) in [5, 5.41) is 1.54. The molecule has 0 aromatic heterocycles. The molecule has 0 saturated carbocycles. The highest BCUT2D eigenvalue weighted by molar-refractivity contribution is 9.08. The first-order valence-electron chi connectivity index (χ1n) is 6.33. The fourth-order valence-corrected chi connectivity index (χ4v) is 3.11. The van der Waals surface area contributed by atoms with Crippen LogP contribution in [0.15, 0.2) is 42.5 Å². The summed E-state index contributed by atoms with van der Waals surface area (Å²) in [4.78, 5) is 2.20. The Hall–Kier alpha value is -1.19. The summed E-state index contributed by atoms with van der Waals surface area (Å²) < 4.78 is 5.17. The lowest BCUT2D eigenvalue weighted by atomic mass is 10.1. The molecule has 0 aliphatic rings. The zero-order chi connectivity index (χ0) is 14.5. The van der Waals surface area contributed by atoms with Crippen molar-refractivity contribution in [2.75, 3.05) is 19.1 Å². The Morgan fingerprint density at radius 3 is 2.45 bits per heavy atom. The lowest BCUT2D eigenvalue weighted by molar-refractivity contribution is 0.414. The van der Waals surface area contributed by atoms with Crippen LogP contribution in [-0.4, -0.2) is 14.2 Å². The number of hydrogen-bond acceptors (Lipinski definition) is 2. The number of methoxy groups -OCH3 is 1. The van der Waals surface area contributed by atoms with Crippen molar-refractivity contribution in [2.45, 2.75) is 11.9 Å². The van der Waals surface area contributed by atoms with E-state index in [-0.39, 0.29) is 0 Å². The van der Waals surface area contributed by atoms with E-state index in [0.29, 0.717) is 0 Å². The van der Waals surface area contributed by atoms with Gasteiger partial charge >= 0.3 is 0 Å². The van der Waals surface area contributed by atoms with Gasteiger partial charge in [-0.3, -0.25) is 0 Å². The van der Waals surface area contributed by atoms with Crippen molar-refractivity contribution in [3.05, 3.63) is 58.6 Å². The minimum absolute atomic E-state index is 0.745. The van der Waals surface area contributed by atoms with E-state index in [1.54, 1.807) is 7.11 Å². The number of alkyl halides is 1. The average Bonchev–Trinajstić information content (AvgIpc) is 2.47. The first kappa shape index (κ1) is 15.2. The molecule has 0 aliphatic heterocycles. The maximum absolute atomic E-state index is 6.24. The highest BCUT2D eigenvalue weighted by atomic mass is 79.9. The Balaban J connectivity index is 2.19. The lowest BCUT2D eigenvalue weighted by Crippen LogP contribution is -2.17. The Bertz CT molecular complexity index is 571. The number of nitrogens with zero attached hydrogens (tertiary/aromatic N) is 1. The molecule has 20 heavy (non-hydrogen) atoms. The van der Waals surface area contributed by atoms with Crippen LogP contribution >= 0.6 is 27.5 Å². The van der Waals surface area contributed by atoms with E-state index in [9.17, 15) is 0 Å². The molecule has 2 aromatic rings. The molecule has 4 heteroatoms. The van der Waals surface area contributed by atoms with E-state index >= 15 is 0 Å². The Kier molecular flexibility index (Phi) is 5.32. The monoisotopic (exact) mass is 353 g/mol. The summed E-state index contributed by atoms with van der Waals surface area (Å²) in [7, 11) is 3.75. The number of anilines is 1. The van der Waals surface area contributed by atoms with Crippen LogP contribution in [0.25, 0.3) is 0 Å². The van der Waals surface area contributed by atoms with E-state index in [4.69, 9.17) is 16.3 Å². The number of benzene rings is 2. The summed E-state index contributed by atoms with van der Waals surface area (Å²) in [6.07, 6.45) is 0. The zero-order valence-corrected chi connectivity index (χ0v) is 13.9. The summed E-state index contributed by atoms with van der Waals surface area (Å²) in [5.74, 6) is 0.875. The number of ether oxygens (including phenoxy) is 1. The molecule has 0 unspecified atom stereocenters. The molecule has 0 spiro atoms. The highest BCUT2D eigenvalue weighted by Crippen LogP contribution is 2.29. The van der Waals surface area contributed by atoms with E-state index in [0.717, 1.165) is 33.9 Å². The second kappa shape index (κ2) is 7.00. The molecule has 2 nitrogen and oxygen atoms in total. The van der Waals surface area contributed by atoms with Gasteiger partial charge < -0.3 is 9.64 Å². The smallest absolute Gasteiger partial charge is 0.118 e. The van der Waals surface area contributed by atoms with E-state index < -0.39 is 0 Å². The predicted molar refractivity (Wildman–Crippen MR) is 89.2 cm³/mol. The third-order valence-corrected chi connectivity index (χ3v) is 4.13. The number of rotatable bonds is 5. The number of halogens is 2. The second-order valence-electron chi connectivity index (χ2n) is 4.58. The first-order chi connectivity index (χ1) is 9.65. The normalized spacial score (nSPS) is 10.4. The molecule has 0 atom stereocenters. The molecule has 2 aromatic carbocycles. The van der Waals surface area contributed by atoms with Gasteiger partial charge in [-0.25, -0.2) is 0 Å². The summed E-state index contributed by atoms with van der Waals surface area (Å²) in [5.41, 5.74) is 3.49. The Labute approximate surface area is 133 Å². The zero-order valence-electron chi connectivity index (χ0n) is 11.6. The Morgan fingerprint density at radius 1 is 1.15 bits per heavy atom. The molecule has 0 radical (unpaired) electrons. The van der Waals surface area contributed by atoms with Gasteiger partial charge in [-0.2, -0.15) is 0 Å². The highest BCUT2D eigenvalue weighted by Gasteiger charge is 2.10. The Morgan fingerprint density at radius 2 is 1.85 bits per heavy atom. The van der Waals surface area contributed by atoms with Crippen LogP contribution < -0.4 is 9.64 Å². The van der Waals surface area contributed by atoms with Gasteiger partial charge in [0.2, 0.25) is 0 Å². The third kappa shape index (κ3) is 3.47. The predicted octanol–water partition coefficient (Wildman–Crippen LogP) is 4.88. The van der Waals surface area contributed by atoms with Crippen LogP contribution in [0.1, 0.15) is 11.1 Å². The SMILES string of the molecule is COc1ccc(CN(C)c2cccc(Cl)c2CBr)cc1. The summed E-state index contributed by atoms with van der Waals surface area (Å²) in [6.45, 7) is 0.824. The van der Waals surface area contributed by atoms with Crippen molar-refractivity contribution in [1.29, 1.82) is 0 Å². The van der Waals surface area contributed by atoms with Crippen LogP contribution in [0.3, 0.4) is 0 Å². The molecular formula is C16H17BrClNO. The topological polar surface area (TPSA) is 12.5 Å². The second-order valence-corrected chi connectivity index (χ2v) is 5.54. The molecule has 0 aliphatic carbocycles. The van der Waals surface area contributed by atoms with Crippen molar-refractivity contribution in [3.63, 3.8) is 0 Å². The fourth-order valence-electron chi connectivity index (χ4n) is 2.13. The molecule has 0 amide bonds. The maximum atomic E-state index is 6.24. The van der Waals surface area contributed by atoms with E-state index in [1.807, 2.05) is 24.3 Å². The van der Waals surface area contributed by atoms with Crippen molar-refractivity contribution in [3.8, 4) is 5.75 Å². The fraction of sp³-hybridized carbons (Fsp3) is 0.250. The van der Waals surface area contributed by atoms with Crippen molar-refractivity contribution < 1.29 is 4.74 Å². The maximum Gasteiger partial charge on any atom is 0.118 e. The first-order valence-corrected chi connectivity index (χ1v) is 7.83. The van der Waals surface area contributed by atoms with Gasteiger partial charge in [0.15, 0.2) is 0 Å². The minimum atomic E-state index is 0.745. The molecule has 0 saturated heterocycles. The minimum Gasteiger partial charge on any atom is -0.497 e. The van der Waals surface area contributed by atoms with Gasteiger partial charge in [-0.05, 0) is 29.8 Å². The molecule has 0 fully saturated rings. The molecule has 2 rings (SSSR count). The van der Waals surface area contributed by atoms with Gasteiger partial charge in [0.1, 0.15) is 5.75 Å². The van der Waals surface area contributed by atoms with Crippen molar-refractivity contribution in [1.82, 2.24) is 0 Å². The van der Waals surface area contributed by atoms with Gasteiger partial charge in [0.25, 0.3) is 0 Å².